The standard InChI is InChI=1S/C13H25NO3/c1-4-12(5-6-15)14-13(16)11-7-9(2)17-10(3)8-11/h9-12,15H,4-8H2,1-3H3,(H,14,16). The fourth-order valence-corrected chi connectivity index (χ4v) is 2.47. The maximum atomic E-state index is 12.1. The molecule has 4 heteroatoms. The van der Waals surface area contributed by atoms with E-state index in [4.69, 9.17) is 9.84 Å². The van der Waals surface area contributed by atoms with Gasteiger partial charge in [-0.15, -0.1) is 0 Å². The van der Waals surface area contributed by atoms with Crippen LogP contribution in [0.2, 0.25) is 0 Å². The van der Waals surface area contributed by atoms with Gasteiger partial charge in [0.1, 0.15) is 0 Å². The van der Waals surface area contributed by atoms with E-state index in [1.807, 2.05) is 20.8 Å². The maximum absolute atomic E-state index is 12.1. The third kappa shape index (κ3) is 4.64. The van der Waals surface area contributed by atoms with Crippen LogP contribution in [0, 0.1) is 5.92 Å². The van der Waals surface area contributed by atoms with Crippen molar-refractivity contribution in [2.24, 2.45) is 5.92 Å². The number of nitrogens with one attached hydrogen (secondary N) is 1. The molecule has 3 atom stereocenters. The van der Waals surface area contributed by atoms with E-state index < -0.39 is 0 Å². The Balaban J connectivity index is 2.45. The molecule has 1 aliphatic rings. The lowest BCUT2D eigenvalue weighted by Gasteiger charge is -2.32. The van der Waals surface area contributed by atoms with Crippen LogP contribution in [0.3, 0.4) is 0 Å². The second-order valence-corrected chi connectivity index (χ2v) is 5.05. The van der Waals surface area contributed by atoms with Gasteiger partial charge in [-0.05, 0) is 39.5 Å². The summed E-state index contributed by atoms with van der Waals surface area (Å²) in [5, 5.41) is 11.9. The molecule has 0 aliphatic carbocycles. The summed E-state index contributed by atoms with van der Waals surface area (Å²) in [4.78, 5) is 12.1. The molecule has 2 N–H and O–H groups in total. The third-order valence-corrected chi connectivity index (χ3v) is 3.39. The van der Waals surface area contributed by atoms with Crippen LogP contribution in [0.5, 0.6) is 0 Å². The van der Waals surface area contributed by atoms with Gasteiger partial charge < -0.3 is 15.2 Å². The summed E-state index contributed by atoms with van der Waals surface area (Å²) in [6.45, 7) is 6.18. The molecule has 0 spiro atoms. The van der Waals surface area contributed by atoms with Gasteiger partial charge in [0.15, 0.2) is 0 Å². The van der Waals surface area contributed by atoms with Gasteiger partial charge in [-0.1, -0.05) is 6.92 Å². The smallest absolute Gasteiger partial charge is 0.223 e. The Morgan fingerprint density at radius 3 is 2.47 bits per heavy atom. The van der Waals surface area contributed by atoms with E-state index in [9.17, 15) is 4.79 Å². The molecular formula is C13H25NO3. The number of rotatable bonds is 5. The number of aliphatic hydroxyl groups is 1. The average Bonchev–Trinajstić information content (AvgIpc) is 2.27. The van der Waals surface area contributed by atoms with Crippen molar-refractivity contribution in [3.05, 3.63) is 0 Å². The fraction of sp³-hybridized carbons (Fsp3) is 0.923. The summed E-state index contributed by atoms with van der Waals surface area (Å²) in [6.07, 6.45) is 3.41. The van der Waals surface area contributed by atoms with E-state index in [1.54, 1.807) is 0 Å². The molecule has 1 amide bonds. The van der Waals surface area contributed by atoms with Gasteiger partial charge in [0, 0.05) is 18.6 Å². The molecule has 17 heavy (non-hydrogen) atoms. The van der Waals surface area contributed by atoms with Crippen LogP contribution in [-0.4, -0.2) is 35.9 Å². The van der Waals surface area contributed by atoms with Crippen molar-refractivity contribution < 1.29 is 14.6 Å². The van der Waals surface area contributed by atoms with E-state index in [0.717, 1.165) is 19.3 Å². The van der Waals surface area contributed by atoms with Crippen molar-refractivity contribution in [1.29, 1.82) is 0 Å². The Morgan fingerprint density at radius 2 is 2.00 bits per heavy atom. The number of carbonyl (C=O) groups excluding carboxylic acids is 1. The quantitative estimate of drug-likeness (QED) is 0.768. The summed E-state index contributed by atoms with van der Waals surface area (Å²) in [6, 6.07) is 0.0981. The zero-order chi connectivity index (χ0) is 12.8. The lowest BCUT2D eigenvalue weighted by molar-refractivity contribution is -0.133. The second-order valence-electron chi connectivity index (χ2n) is 5.05. The van der Waals surface area contributed by atoms with Crippen molar-refractivity contribution in [1.82, 2.24) is 5.32 Å². The Hall–Kier alpha value is -0.610. The van der Waals surface area contributed by atoms with E-state index in [-0.39, 0.29) is 36.7 Å². The minimum atomic E-state index is 0.0569. The van der Waals surface area contributed by atoms with Gasteiger partial charge in [0.05, 0.1) is 12.2 Å². The summed E-state index contributed by atoms with van der Waals surface area (Å²) in [7, 11) is 0. The normalized spacial score (nSPS) is 30.9. The van der Waals surface area contributed by atoms with Crippen LogP contribution in [0.4, 0.5) is 0 Å². The number of ether oxygens (including phenoxy) is 1. The minimum absolute atomic E-state index is 0.0569. The first kappa shape index (κ1) is 14.5. The number of hydrogen-bond donors (Lipinski definition) is 2. The molecule has 1 saturated heterocycles. The van der Waals surface area contributed by atoms with Crippen molar-refractivity contribution in [2.45, 2.75) is 64.7 Å². The molecule has 1 aliphatic heterocycles. The first-order chi connectivity index (χ1) is 8.06. The highest BCUT2D eigenvalue weighted by molar-refractivity contribution is 5.79. The first-order valence-electron chi connectivity index (χ1n) is 6.63. The van der Waals surface area contributed by atoms with Gasteiger partial charge in [-0.2, -0.15) is 0 Å². The van der Waals surface area contributed by atoms with E-state index in [1.165, 1.54) is 0 Å². The Labute approximate surface area is 104 Å². The number of carbonyl (C=O) groups is 1. The number of hydrogen-bond acceptors (Lipinski definition) is 3. The van der Waals surface area contributed by atoms with Crippen LogP contribution >= 0.6 is 0 Å². The summed E-state index contributed by atoms with van der Waals surface area (Å²) < 4.78 is 5.63. The molecule has 0 aromatic heterocycles. The topological polar surface area (TPSA) is 58.6 Å². The molecule has 1 rings (SSSR count). The zero-order valence-electron chi connectivity index (χ0n) is 11.1. The van der Waals surface area contributed by atoms with Crippen molar-refractivity contribution in [3.8, 4) is 0 Å². The number of aliphatic hydroxyl groups excluding tert-OH is 1. The van der Waals surface area contributed by atoms with Gasteiger partial charge in [-0.25, -0.2) is 0 Å². The molecule has 1 heterocycles. The molecule has 3 unspecified atom stereocenters. The number of amides is 1. The lowest BCUT2D eigenvalue weighted by Crippen LogP contribution is -2.43. The Kier molecular flexibility index (Phi) is 5.92. The Morgan fingerprint density at radius 1 is 1.41 bits per heavy atom. The predicted molar refractivity (Wildman–Crippen MR) is 66.7 cm³/mol. The average molecular weight is 243 g/mol. The SMILES string of the molecule is CCC(CCO)NC(=O)C1CC(C)OC(C)C1. The highest BCUT2D eigenvalue weighted by Crippen LogP contribution is 2.25. The molecular weight excluding hydrogens is 218 g/mol. The van der Waals surface area contributed by atoms with E-state index >= 15 is 0 Å². The van der Waals surface area contributed by atoms with Crippen molar-refractivity contribution in [2.75, 3.05) is 6.61 Å². The lowest BCUT2D eigenvalue weighted by atomic mass is 9.91. The van der Waals surface area contributed by atoms with Gasteiger partial charge in [0.25, 0.3) is 0 Å². The third-order valence-electron chi connectivity index (χ3n) is 3.39. The largest absolute Gasteiger partial charge is 0.396 e. The molecule has 0 radical (unpaired) electrons. The van der Waals surface area contributed by atoms with E-state index in [2.05, 4.69) is 5.32 Å². The zero-order valence-corrected chi connectivity index (χ0v) is 11.1. The van der Waals surface area contributed by atoms with Crippen LogP contribution in [0.1, 0.15) is 46.5 Å². The van der Waals surface area contributed by atoms with Crippen LogP contribution in [0.25, 0.3) is 0 Å². The monoisotopic (exact) mass is 243 g/mol. The summed E-state index contributed by atoms with van der Waals surface area (Å²) >= 11 is 0. The molecule has 0 saturated carbocycles. The molecule has 0 aromatic rings. The highest BCUT2D eigenvalue weighted by Gasteiger charge is 2.30. The van der Waals surface area contributed by atoms with Gasteiger partial charge >= 0.3 is 0 Å². The van der Waals surface area contributed by atoms with Crippen LogP contribution in [0.15, 0.2) is 0 Å². The van der Waals surface area contributed by atoms with Crippen molar-refractivity contribution in [3.63, 3.8) is 0 Å². The van der Waals surface area contributed by atoms with Gasteiger partial charge in [-0.3, -0.25) is 4.79 Å². The van der Waals surface area contributed by atoms with Gasteiger partial charge in [0.2, 0.25) is 5.91 Å². The first-order valence-corrected chi connectivity index (χ1v) is 6.63. The molecule has 100 valence electrons. The predicted octanol–water partition coefficient (Wildman–Crippen LogP) is 1.47. The molecule has 0 aromatic carbocycles. The van der Waals surface area contributed by atoms with Crippen LogP contribution in [-0.2, 0) is 9.53 Å². The molecule has 0 bridgehead atoms. The second kappa shape index (κ2) is 6.97. The summed E-state index contributed by atoms with van der Waals surface area (Å²) in [5.74, 6) is 0.175. The Bertz CT molecular complexity index is 235. The van der Waals surface area contributed by atoms with Crippen molar-refractivity contribution >= 4 is 5.91 Å². The highest BCUT2D eigenvalue weighted by atomic mass is 16.5. The summed E-state index contributed by atoms with van der Waals surface area (Å²) in [5.41, 5.74) is 0. The van der Waals surface area contributed by atoms with Crippen LogP contribution < -0.4 is 5.32 Å². The maximum Gasteiger partial charge on any atom is 0.223 e. The van der Waals surface area contributed by atoms with E-state index in [0.29, 0.717) is 6.42 Å². The minimum Gasteiger partial charge on any atom is -0.396 e. The molecule has 1 fully saturated rings. The fourth-order valence-electron chi connectivity index (χ4n) is 2.47. The molecule has 4 nitrogen and oxygen atoms in total.